The second-order valence-electron chi connectivity index (χ2n) is 6.47. The van der Waals surface area contributed by atoms with Crippen LogP contribution in [0.4, 0.5) is 5.69 Å². The van der Waals surface area contributed by atoms with Crippen LogP contribution in [0.15, 0.2) is 65.8 Å². The van der Waals surface area contributed by atoms with E-state index in [0.29, 0.717) is 0 Å². The zero-order valence-corrected chi connectivity index (χ0v) is 14.8. The van der Waals surface area contributed by atoms with Gasteiger partial charge in [0.15, 0.2) is 11.5 Å². The highest BCUT2D eigenvalue weighted by Gasteiger charge is 2.16. The van der Waals surface area contributed by atoms with Gasteiger partial charge in [0.25, 0.3) is 0 Å². The molecule has 27 heavy (non-hydrogen) atoms. The number of anilines is 1. The lowest BCUT2D eigenvalue weighted by molar-refractivity contribution is 0.174. The van der Waals surface area contributed by atoms with E-state index in [1.807, 2.05) is 49.5 Å². The number of hydrogen-bond acceptors (Lipinski definition) is 5. The molecule has 0 saturated heterocycles. The summed E-state index contributed by atoms with van der Waals surface area (Å²) in [6.07, 6.45) is 1.84. The van der Waals surface area contributed by atoms with Crippen LogP contribution in [0.1, 0.15) is 11.3 Å². The topological polar surface area (TPSA) is 55.7 Å². The molecule has 0 fully saturated rings. The molecule has 1 N–H and O–H groups in total. The number of nitrogens with zero attached hydrogens (tertiary/aromatic N) is 2. The fourth-order valence-corrected chi connectivity index (χ4v) is 3.38. The zero-order valence-electron chi connectivity index (χ0n) is 14.8. The first-order valence-electron chi connectivity index (χ1n) is 8.76. The van der Waals surface area contributed by atoms with Crippen LogP contribution in [0, 0.1) is 6.92 Å². The highest BCUT2D eigenvalue weighted by atomic mass is 16.7. The molecular formula is C22H17N3O2. The molecule has 0 radical (unpaired) electrons. The third-order valence-electron chi connectivity index (χ3n) is 4.64. The van der Waals surface area contributed by atoms with Gasteiger partial charge in [-0.3, -0.25) is 10.4 Å². The molecule has 4 aromatic rings. The maximum absolute atomic E-state index is 5.50. The SMILES string of the molecule is Cc1cc(N/N=C/c2cccc3ccccc23)c2cc3c(cc2n1)OCO3. The third kappa shape index (κ3) is 2.83. The van der Waals surface area contributed by atoms with Crippen LogP contribution in [-0.2, 0) is 0 Å². The molecule has 5 nitrogen and oxygen atoms in total. The van der Waals surface area contributed by atoms with Crippen LogP contribution in [0.25, 0.3) is 21.7 Å². The Morgan fingerprint density at radius 3 is 2.70 bits per heavy atom. The van der Waals surface area contributed by atoms with Crippen molar-refractivity contribution < 1.29 is 9.47 Å². The van der Waals surface area contributed by atoms with Crippen LogP contribution in [0.5, 0.6) is 11.5 Å². The zero-order chi connectivity index (χ0) is 18.2. The van der Waals surface area contributed by atoms with Crippen LogP contribution in [0.2, 0.25) is 0 Å². The van der Waals surface area contributed by atoms with Crippen molar-refractivity contribution in [2.24, 2.45) is 5.10 Å². The van der Waals surface area contributed by atoms with Gasteiger partial charge in [0, 0.05) is 22.7 Å². The first kappa shape index (κ1) is 15.6. The summed E-state index contributed by atoms with van der Waals surface area (Å²) < 4.78 is 11.0. The molecule has 0 aliphatic carbocycles. The van der Waals surface area contributed by atoms with E-state index in [1.165, 1.54) is 10.8 Å². The van der Waals surface area contributed by atoms with Crippen molar-refractivity contribution in [2.45, 2.75) is 6.92 Å². The summed E-state index contributed by atoms with van der Waals surface area (Å²) in [5.74, 6) is 1.46. The maximum Gasteiger partial charge on any atom is 0.231 e. The van der Waals surface area contributed by atoms with E-state index < -0.39 is 0 Å². The van der Waals surface area contributed by atoms with Gasteiger partial charge in [-0.1, -0.05) is 42.5 Å². The van der Waals surface area contributed by atoms with Crippen LogP contribution >= 0.6 is 0 Å². The molecule has 2 heterocycles. The number of benzene rings is 3. The fourth-order valence-electron chi connectivity index (χ4n) is 3.38. The number of hydrogen-bond donors (Lipinski definition) is 1. The number of pyridine rings is 1. The Balaban J connectivity index is 1.52. The lowest BCUT2D eigenvalue weighted by atomic mass is 10.1. The Morgan fingerprint density at radius 2 is 1.78 bits per heavy atom. The second-order valence-corrected chi connectivity index (χ2v) is 6.47. The number of aryl methyl sites for hydroxylation is 1. The predicted molar refractivity (Wildman–Crippen MR) is 108 cm³/mol. The van der Waals surface area contributed by atoms with Gasteiger partial charge in [-0.25, -0.2) is 0 Å². The second kappa shape index (κ2) is 6.29. The molecule has 5 heteroatoms. The lowest BCUT2D eigenvalue weighted by Crippen LogP contribution is -1.95. The summed E-state index contributed by atoms with van der Waals surface area (Å²) >= 11 is 0. The summed E-state index contributed by atoms with van der Waals surface area (Å²) in [6.45, 7) is 2.20. The summed E-state index contributed by atoms with van der Waals surface area (Å²) in [7, 11) is 0. The van der Waals surface area contributed by atoms with E-state index in [-0.39, 0.29) is 6.79 Å². The van der Waals surface area contributed by atoms with E-state index in [2.05, 4.69) is 39.8 Å². The molecule has 1 aliphatic heterocycles. The fraction of sp³-hybridized carbons (Fsp3) is 0.0909. The van der Waals surface area contributed by atoms with Crippen LogP contribution < -0.4 is 14.9 Å². The highest BCUT2D eigenvalue weighted by Crippen LogP contribution is 2.38. The molecule has 1 aromatic heterocycles. The number of aromatic nitrogens is 1. The molecule has 3 aromatic carbocycles. The minimum atomic E-state index is 0.243. The Hall–Kier alpha value is -3.60. The minimum Gasteiger partial charge on any atom is -0.454 e. The van der Waals surface area contributed by atoms with E-state index >= 15 is 0 Å². The van der Waals surface area contributed by atoms with Gasteiger partial charge in [0.1, 0.15) is 0 Å². The first-order chi connectivity index (χ1) is 13.3. The number of hydrazone groups is 1. The lowest BCUT2D eigenvalue weighted by Gasteiger charge is -2.08. The Kier molecular flexibility index (Phi) is 3.64. The summed E-state index contributed by atoms with van der Waals surface area (Å²) in [4.78, 5) is 4.59. The van der Waals surface area contributed by atoms with E-state index in [0.717, 1.165) is 39.3 Å². The first-order valence-corrected chi connectivity index (χ1v) is 8.76. The van der Waals surface area contributed by atoms with Gasteiger partial charge >= 0.3 is 0 Å². The molecule has 0 amide bonds. The van der Waals surface area contributed by atoms with E-state index in [4.69, 9.17) is 9.47 Å². The monoisotopic (exact) mass is 355 g/mol. The normalized spacial score (nSPS) is 12.9. The molecule has 0 atom stereocenters. The molecule has 0 unspecified atom stereocenters. The predicted octanol–water partition coefficient (Wildman–Crippen LogP) is 4.87. The average molecular weight is 355 g/mol. The number of nitrogens with one attached hydrogen (secondary N) is 1. The van der Waals surface area contributed by atoms with Gasteiger partial charge in [0.2, 0.25) is 6.79 Å². The van der Waals surface area contributed by atoms with Crippen molar-refractivity contribution in [3.63, 3.8) is 0 Å². The molecule has 1 aliphatic rings. The number of fused-ring (bicyclic) bond motifs is 3. The highest BCUT2D eigenvalue weighted by molar-refractivity contribution is 6.00. The summed E-state index contributed by atoms with van der Waals surface area (Å²) in [5, 5.41) is 7.78. The van der Waals surface area contributed by atoms with Crippen molar-refractivity contribution in [3.05, 3.63) is 71.9 Å². The van der Waals surface area contributed by atoms with Gasteiger partial charge in [-0.15, -0.1) is 0 Å². The van der Waals surface area contributed by atoms with Crippen LogP contribution in [0.3, 0.4) is 0 Å². The van der Waals surface area contributed by atoms with Gasteiger partial charge < -0.3 is 9.47 Å². The largest absolute Gasteiger partial charge is 0.454 e. The minimum absolute atomic E-state index is 0.243. The third-order valence-corrected chi connectivity index (χ3v) is 4.64. The van der Waals surface area contributed by atoms with Crippen molar-refractivity contribution >= 4 is 33.6 Å². The quantitative estimate of drug-likeness (QED) is 0.421. The van der Waals surface area contributed by atoms with Crippen molar-refractivity contribution in [1.82, 2.24) is 4.98 Å². The number of ether oxygens (including phenoxy) is 2. The summed E-state index contributed by atoms with van der Waals surface area (Å²) in [6, 6.07) is 20.3. The van der Waals surface area contributed by atoms with E-state index in [9.17, 15) is 0 Å². The number of rotatable bonds is 3. The standard InChI is InChI=1S/C22H17N3O2/c1-14-9-20(18-10-21-22(27-13-26-21)11-19(18)24-14)25-23-12-16-7-4-6-15-5-2-3-8-17(15)16/h2-12H,13H2,1H3,(H,24,25)/b23-12+. The van der Waals surface area contributed by atoms with Gasteiger partial charge in [0.05, 0.1) is 17.4 Å². The Bertz CT molecular complexity index is 1200. The molecule has 0 saturated carbocycles. The van der Waals surface area contributed by atoms with Crippen molar-refractivity contribution in [1.29, 1.82) is 0 Å². The molecule has 0 bridgehead atoms. The molecular weight excluding hydrogens is 338 g/mol. The Labute approximate surface area is 156 Å². The van der Waals surface area contributed by atoms with Gasteiger partial charge in [-0.05, 0) is 29.8 Å². The van der Waals surface area contributed by atoms with Crippen molar-refractivity contribution in [2.75, 3.05) is 12.2 Å². The Morgan fingerprint density at radius 1 is 0.963 bits per heavy atom. The summed E-state index contributed by atoms with van der Waals surface area (Å²) in [5.41, 5.74) is 6.87. The van der Waals surface area contributed by atoms with Gasteiger partial charge in [-0.2, -0.15) is 5.10 Å². The maximum atomic E-state index is 5.50. The molecule has 132 valence electrons. The van der Waals surface area contributed by atoms with E-state index in [1.54, 1.807) is 0 Å². The molecule has 5 rings (SSSR count). The molecule has 0 spiro atoms. The average Bonchev–Trinajstić information content (AvgIpc) is 3.14. The smallest absolute Gasteiger partial charge is 0.231 e. The van der Waals surface area contributed by atoms with Crippen molar-refractivity contribution in [3.8, 4) is 11.5 Å². The van der Waals surface area contributed by atoms with Crippen LogP contribution in [-0.4, -0.2) is 18.0 Å².